The summed E-state index contributed by atoms with van der Waals surface area (Å²) in [5.74, 6) is -10.0. The van der Waals surface area contributed by atoms with Crippen molar-refractivity contribution in [3.8, 4) is 5.75 Å². The van der Waals surface area contributed by atoms with Gasteiger partial charge in [-0.25, -0.2) is 22.0 Å². The molecule has 12 heteroatoms. The van der Waals surface area contributed by atoms with Gasteiger partial charge < -0.3 is 14.6 Å². The molecule has 1 amide bonds. The van der Waals surface area contributed by atoms with E-state index in [-0.39, 0.29) is 18.0 Å². The minimum atomic E-state index is -2.25. The Hall–Kier alpha value is -4.22. The number of carbonyl (C=O) groups excluding carboxylic acids is 1. The third-order valence-electron chi connectivity index (χ3n) is 5.12. The molecule has 0 aliphatic heterocycles. The lowest BCUT2D eigenvalue weighted by molar-refractivity contribution is 0.101. The van der Waals surface area contributed by atoms with Crippen molar-refractivity contribution in [1.82, 2.24) is 14.9 Å². The number of hydrogen-bond acceptors (Lipinski definition) is 5. The maximum Gasteiger partial charge on any atom is 0.278 e. The fourth-order valence-corrected chi connectivity index (χ4v) is 3.19. The SMILES string of the molecule is Cc1ccc(OCc2c(C(=O)Nc3cnn(Cc4c(F)c(F)c(F)c(F)c4F)c3)noc2C)cc1. The molecule has 0 fully saturated rings. The van der Waals surface area contributed by atoms with Gasteiger partial charge in [0.15, 0.2) is 29.0 Å². The van der Waals surface area contributed by atoms with Gasteiger partial charge in [-0.15, -0.1) is 0 Å². The molecule has 2 aromatic heterocycles. The van der Waals surface area contributed by atoms with E-state index < -0.39 is 47.1 Å². The van der Waals surface area contributed by atoms with Crippen molar-refractivity contribution in [3.63, 3.8) is 0 Å². The van der Waals surface area contributed by atoms with Gasteiger partial charge in [-0.3, -0.25) is 9.48 Å². The maximum absolute atomic E-state index is 13.9. The highest BCUT2D eigenvalue weighted by atomic mass is 19.2. The van der Waals surface area contributed by atoms with E-state index in [1.165, 1.54) is 0 Å². The summed E-state index contributed by atoms with van der Waals surface area (Å²) in [5, 5.41) is 10.0. The molecule has 7 nitrogen and oxygen atoms in total. The monoisotopic (exact) mass is 492 g/mol. The lowest BCUT2D eigenvalue weighted by Crippen LogP contribution is -2.15. The van der Waals surface area contributed by atoms with Crippen LogP contribution in [-0.2, 0) is 13.2 Å². The number of halogens is 5. The van der Waals surface area contributed by atoms with Crippen molar-refractivity contribution in [3.05, 3.63) is 93.9 Å². The standard InChI is InChI=1S/C23H17F5N4O3/c1-11-3-5-14(6-4-11)34-10-16-12(2)35-31-22(16)23(33)30-13-7-29-32(8-13)9-15-17(24)19(26)21(28)20(27)18(15)25/h3-8H,9-10H2,1-2H3,(H,30,33). The van der Waals surface area contributed by atoms with Gasteiger partial charge >= 0.3 is 0 Å². The van der Waals surface area contributed by atoms with Crippen molar-refractivity contribution in [2.45, 2.75) is 27.0 Å². The zero-order valence-electron chi connectivity index (χ0n) is 18.3. The molecule has 0 bridgehead atoms. The Labute approximate surface area is 195 Å². The molecular formula is C23H17F5N4O3. The quantitative estimate of drug-likeness (QED) is 0.222. The molecule has 4 aromatic rings. The summed E-state index contributed by atoms with van der Waals surface area (Å²) >= 11 is 0. The average Bonchev–Trinajstić information content (AvgIpc) is 3.44. The number of benzene rings is 2. The predicted octanol–water partition coefficient (Wildman–Crippen LogP) is 5.06. The second-order valence-electron chi connectivity index (χ2n) is 7.60. The highest BCUT2D eigenvalue weighted by Gasteiger charge is 2.26. The predicted molar refractivity (Wildman–Crippen MR) is 112 cm³/mol. The van der Waals surface area contributed by atoms with Gasteiger partial charge in [0.05, 0.1) is 29.6 Å². The maximum atomic E-state index is 13.9. The van der Waals surface area contributed by atoms with E-state index >= 15 is 0 Å². The molecule has 1 N–H and O–H groups in total. The number of nitrogens with one attached hydrogen (secondary N) is 1. The normalized spacial score (nSPS) is 11.1. The molecule has 0 saturated heterocycles. The van der Waals surface area contributed by atoms with Gasteiger partial charge in [0.25, 0.3) is 5.91 Å². The summed E-state index contributed by atoms with van der Waals surface area (Å²) in [6.45, 7) is 2.78. The van der Waals surface area contributed by atoms with Gasteiger partial charge in [0, 0.05) is 6.20 Å². The molecule has 0 unspecified atom stereocenters. The van der Waals surface area contributed by atoms with Crippen LogP contribution in [0.4, 0.5) is 27.6 Å². The second kappa shape index (κ2) is 9.57. The second-order valence-corrected chi connectivity index (χ2v) is 7.60. The number of rotatable bonds is 7. The fourth-order valence-electron chi connectivity index (χ4n) is 3.19. The molecule has 0 aliphatic rings. The molecule has 35 heavy (non-hydrogen) atoms. The molecule has 4 rings (SSSR count). The van der Waals surface area contributed by atoms with E-state index in [4.69, 9.17) is 9.26 Å². The fraction of sp³-hybridized carbons (Fsp3) is 0.174. The van der Waals surface area contributed by atoms with Crippen LogP contribution >= 0.6 is 0 Å². The van der Waals surface area contributed by atoms with Gasteiger partial charge in [-0.1, -0.05) is 22.9 Å². The molecule has 0 saturated carbocycles. The lowest BCUT2D eigenvalue weighted by atomic mass is 10.1. The Morgan fingerprint density at radius 2 is 1.60 bits per heavy atom. The molecule has 0 atom stereocenters. The number of ether oxygens (including phenoxy) is 1. The number of aromatic nitrogens is 3. The summed E-state index contributed by atoms with van der Waals surface area (Å²) < 4.78 is 79.6. The Morgan fingerprint density at radius 3 is 2.26 bits per heavy atom. The summed E-state index contributed by atoms with van der Waals surface area (Å²) in [6, 6.07) is 7.29. The first kappa shape index (κ1) is 23.9. The van der Waals surface area contributed by atoms with Crippen molar-refractivity contribution in [2.24, 2.45) is 0 Å². The Kier molecular flexibility index (Phi) is 6.54. The molecule has 0 aliphatic carbocycles. The first-order valence-electron chi connectivity index (χ1n) is 10.1. The van der Waals surface area contributed by atoms with Gasteiger partial charge in [-0.2, -0.15) is 5.10 Å². The van der Waals surface area contributed by atoms with Crippen LogP contribution < -0.4 is 10.1 Å². The Morgan fingerprint density at radius 1 is 0.971 bits per heavy atom. The van der Waals surface area contributed by atoms with Gasteiger partial charge in [0.2, 0.25) is 5.82 Å². The number of carbonyl (C=O) groups is 1. The number of aryl methyl sites for hydroxylation is 2. The lowest BCUT2D eigenvalue weighted by Gasteiger charge is -2.08. The number of nitrogens with zero attached hydrogens (tertiary/aromatic N) is 3. The van der Waals surface area contributed by atoms with Crippen molar-refractivity contribution in [2.75, 3.05) is 5.32 Å². The van der Waals surface area contributed by atoms with E-state index in [1.807, 2.05) is 19.1 Å². The average molecular weight is 492 g/mol. The van der Waals surface area contributed by atoms with Crippen molar-refractivity contribution in [1.29, 1.82) is 0 Å². The van der Waals surface area contributed by atoms with Crippen LogP contribution in [-0.4, -0.2) is 20.8 Å². The van der Waals surface area contributed by atoms with Crippen LogP contribution in [0.1, 0.15) is 32.9 Å². The van der Waals surface area contributed by atoms with E-state index in [9.17, 15) is 26.7 Å². The first-order valence-corrected chi connectivity index (χ1v) is 10.1. The molecule has 2 heterocycles. The summed E-state index contributed by atoms with van der Waals surface area (Å²) in [4.78, 5) is 12.7. The smallest absolute Gasteiger partial charge is 0.278 e. The Bertz CT molecular complexity index is 1370. The Balaban J connectivity index is 1.47. The van der Waals surface area contributed by atoms with Crippen LogP contribution in [0.2, 0.25) is 0 Å². The highest BCUT2D eigenvalue weighted by Crippen LogP contribution is 2.24. The number of anilines is 1. The summed E-state index contributed by atoms with van der Waals surface area (Å²) in [6.07, 6.45) is 2.30. The minimum Gasteiger partial charge on any atom is -0.489 e. The zero-order valence-corrected chi connectivity index (χ0v) is 18.3. The van der Waals surface area contributed by atoms with E-state index in [0.29, 0.717) is 17.1 Å². The molecule has 0 spiro atoms. The van der Waals surface area contributed by atoms with Gasteiger partial charge in [0.1, 0.15) is 18.1 Å². The topological polar surface area (TPSA) is 82.2 Å². The summed E-state index contributed by atoms with van der Waals surface area (Å²) in [7, 11) is 0. The minimum absolute atomic E-state index is 0.000653. The van der Waals surface area contributed by atoms with E-state index in [2.05, 4.69) is 15.6 Å². The largest absolute Gasteiger partial charge is 0.489 e. The van der Waals surface area contributed by atoms with Gasteiger partial charge in [-0.05, 0) is 26.0 Å². The molecule has 0 radical (unpaired) electrons. The van der Waals surface area contributed by atoms with Crippen LogP contribution in [0.25, 0.3) is 0 Å². The van der Waals surface area contributed by atoms with Crippen LogP contribution in [0, 0.1) is 42.9 Å². The number of hydrogen-bond donors (Lipinski definition) is 1. The van der Waals surface area contributed by atoms with E-state index in [0.717, 1.165) is 22.6 Å². The third kappa shape index (κ3) is 4.86. The van der Waals surface area contributed by atoms with E-state index in [1.54, 1.807) is 19.1 Å². The first-order chi connectivity index (χ1) is 16.7. The molecule has 182 valence electrons. The third-order valence-corrected chi connectivity index (χ3v) is 5.12. The van der Waals surface area contributed by atoms with Crippen LogP contribution in [0.15, 0.2) is 41.2 Å². The van der Waals surface area contributed by atoms with Crippen molar-refractivity contribution < 1.29 is 36.0 Å². The van der Waals surface area contributed by atoms with Crippen molar-refractivity contribution >= 4 is 11.6 Å². The molecule has 2 aromatic carbocycles. The number of amides is 1. The summed E-state index contributed by atoms with van der Waals surface area (Å²) in [5.41, 5.74) is 0.424. The zero-order chi connectivity index (χ0) is 25.3. The highest BCUT2D eigenvalue weighted by molar-refractivity contribution is 6.03. The van der Waals surface area contributed by atoms with Crippen LogP contribution in [0.3, 0.4) is 0 Å². The molecular weight excluding hydrogens is 475 g/mol. The van der Waals surface area contributed by atoms with Crippen LogP contribution in [0.5, 0.6) is 5.75 Å².